The van der Waals surface area contributed by atoms with Gasteiger partial charge in [0, 0.05) is 11.8 Å². The van der Waals surface area contributed by atoms with Crippen LogP contribution in [0.4, 0.5) is 5.69 Å². The van der Waals surface area contributed by atoms with Gasteiger partial charge in [-0.1, -0.05) is 6.07 Å². The van der Waals surface area contributed by atoms with Gasteiger partial charge >= 0.3 is 0 Å². The van der Waals surface area contributed by atoms with E-state index in [-0.39, 0.29) is 0 Å². The van der Waals surface area contributed by atoms with Crippen molar-refractivity contribution in [3.63, 3.8) is 0 Å². The summed E-state index contributed by atoms with van der Waals surface area (Å²) in [5.74, 6) is 0. The molecule has 14 heavy (non-hydrogen) atoms. The predicted octanol–water partition coefficient (Wildman–Crippen LogP) is 0.947. The van der Waals surface area contributed by atoms with Gasteiger partial charge in [-0.15, -0.1) is 0 Å². The molecular formula is C10H10N2O2. The van der Waals surface area contributed by atoms with E-state index in [0.717, 1.165) is 11.2 Å². The largest absolute Gasteiger partial charge is 0.595 e. The number of hydrogen-bond acceptors (Lipinski definition) is 3. The van der Waals surface area contributed by atoms with Crippen LogP contribution in [0, 0.1) is 12.1 Å². The van der Waals surface area contributed by atoms with Crippen molar-refractivity contribution in [2.45, 2.75) is 6.92 Å². The maximum absolute atomic E-state index is 10.9. The molecule has 0 spiro atoms. The average Bonchev–Trinajstić information content (AvgIpc) is 2.16. The Balaban J connectivity index is 2.75. The Kier molecular flexibility index (Phi) is 2.17. The van der Waals surface area contributed by atoms with E-state index in [1.807, 2.05) is 19.1 Å². The van der Waals surface area contributed by atoms with Crippen molar-refractivity contribution >= 4 is 16.6 Å². The molecule has 0 amide bonds. The molecule has 0 aliphatic heterocycles. The molecule has 1 aromatic heterocycles. The molecule has 0 saturated carbocycles. The van der Waals surface area contributed by atoms with Crippen molar-refractivity contribution in [2.24, 2.45) is 0 Å². The summed E-state index contributed by atoms with van der Waals surface area (Å²) in [4.78, 5) is 4.26. The van der Waals surface area contributed by atoms with Gasteiger partial charge < -0.3 is 5.21 Å². The van der Waals surface area contributed by atoms with Crippen molar-refractivity contribution in [2.75, 3.05) is 0 Å². The van der Waals surface area contributed by atoms with Crippen LogP contribution in [0.5, 0.6) is 0 Å². The van der Waals surface area contributed by atoms with Crippen LogP contribution in [0.2, 0.25) is 0 Å². The summed E-state index contributed by atoms with van der Waals surface area (Å²) >= 11 is 0. The number of quaternary nitrogens is 1. The molecule has 1 aromatic carbocycles. The molecule has 0 bridgehead atoms. The summed E-state index contributed by atoms with van der Waals surface area (Å²) in [6.07, 6.45) is 0. The fourth-order valence-electron chi connectivity index (χ4n) is 1.44. The van der Waals surface area contributed by atoms with Gasteiger partial charge in [0.25, 0.3) is 0 Å². The van der Waals surface area contributed by atoms with E-state index in [4.69, 9.17) is 5.21 Å². The zero-order valence-electron chi connectivity index (χ0n) is 7.69. The molecule has 2 N–H and O–H groups in total. The Morgan fingerprint density at radius 3 is 2.79 bits per heavy atom. The highest BCUT2D eigenvalue weighted by molar-refractivity contribution is 5.87. The fourth-order valence-corrected chi connectivity index (χ4v) is 1.44. The van der Waals surface area contributed by atoms with Gasteiger partial charge in [-0.25, -0.2) is 5.21 Å². The summed E-state index contributed by atoms with van der Waals surface area (Å²) in [6, 6.07) is 8.71. The van der Waals surface area contributed by atoms with Crippen molar-refractivity contribution < 1.29 is 10.4 Å². The Morgan fingerprint density at radius 2 is 2.07 bits per heavy atom. The Morgan fingerprint density at radius 1 is 1.29 bits per heavy atom. The lowest BCUT2D eigenvalue weighted by molar-refractivity contribution is -0.990. The summed E-state index contributed by atoms with van der Waals surface area (Å²) in [6.45, 7) is 1.88. The van der Waals surface area contributed by atoms with Gasteiger partial charge in [-0.05, 0) is 25.1 Å². The van der Waals surface area contributed by atoms with Crippen molar-refractivity contribution in [1.29, 1.82) is 0 Å². The fraction of sp³-hybridized carbons (Fsp3) is 0.100. The maximum Gasteiger partial charge on any atom is 0.173 e. The van der Waals surface area contributed by atoms with Crippen LogP contribution in [-0.2, 0) is 0 Å². The first-order valence-electron chi connectivity index (χ1n) is 4.28. The molecule has 0 radical (unpaired) electrons. The van der Waals surface area contributed by atoms with E-state index in [0.29, 0.717) is 11.1 Å². The number of pyridine rings is 1. The van der Waals surface area contributed by atoms with Crippen LogP contribution in [0.15, 0.2) is 30.3 Å². The number of benzene rings is 1. The van der Waals surface area contributed by atoms with Gasteiger partial charge in [0.1, 0.15) is 0 Å². The summed E-state index contributed by atoms with van der Waals surface area (Å²) in [5.41, 5.74) is 1.92. The van der Waals surface area contributed by atoms with Gasteiger partial charge in [0.2, 0.25) is 0 Å². The summed E-state index contributed by atoms with van der Waals surface area (Å²) in [7, 11) is 0. The van der Waals surface area contributed by atoms with Gasteiger partial charge in [-0.2, -0.15) is 5.23 Å². The Bertz CT molecular complexity index is 469. The third kappa shape index (κ3) is 1.46. The zero-order valence-corrected chi connectivity index (χ0v) is 7.69. The van der Waals surface area contributed by atoms with Gasteiger partial charge in [0.05, 0.1) is 10.9 Å². The van der Waals surface area contributed by atoms with E-state index in [1.165, 1.54) is 0 Å². The topological polar surface area (TPSA) is 60.6 Å². The second-order valence-corrected chi connectivity index (χ2v) is 3.13. The van der Waals surface area contributed by atoms with Crippen LogP contribution < -0.4 is 5.23 Å². The molecule has 72 valence electrons. The minimum absolute atomic E-state index is 0.301. The first-order valence-corrected chi connectivity index (χ1v) is 4.28. The number of aromatic nitrogens is 1. The first kappa shape index (κ1) is 9.08. The normalized spacial score (nSPS) is 13.1. The van der Waals surface area contributed by atoms with E-state index >= 15 is 0 Å². The second kappa shape index (κ2) is 3.34. The molecular weight excluding hydrogens is 180 g/mol. The molecule has 1 unspecified atom stereocenters. The van der Waals surface area contributed by atoms with Crippen LogP contribution in [0.25, 0.3) is 10.9 Å². The van der Waals surface area contributed by atoms with E-state index in [1.54, 1.807) is 18.2 Å². The van der Waals surface area contributed by atoms with Gasteiger partial charge in [0.15, 0.2) is 5.69 Å². The van der Waals surface area contributed by atoms with Crippen LogP contribution >= 0.6 is 0 Å². The summed E-state index contributed by atoms with van der Waals surface area (Å²) in [5, 5.41) is 19.6. The predicted molar refractivity (Wildman–Crippen MR) is 52.3 cm³/mol. The van der Waals surface area contributed by atoms with Crippen molar-refractivity contribution in [3.05, 3.63) is 41.2 Å². The first-order chi connectivity index (χ1) is 6.68. The lowest BCUT2D eigenvalue weighted by Crippen LogP contribution is -2.99. The molecule has 4 nitrogen and oxygen atoms in total. The number of nitrogens with zero attached hydrogens (tertiary/aromatic N) is 1. The van der Waals surface area contributed by atoms with E-state index < -0.39 is 5.23 Å². The average molecular weight is 190 g/mol. The number of hydrogen-bond donors (Lipinski definition) is 2. The minimum atomic E-state index is -0.916. The SMILES string of the molecule is Cc1ccc2c([NH+]([O-])O)cccc2n1. The van der Waals surface area contributed by atoms with Crippen molar-refractivity contribution in [1.82, 2.24) is 4.98 Å². The lowest BCUT2D eigenvalue weighted by Gasteiger charge is -2.13. The van der Waals surface area contributed by atoms with Crippen LogP contribution in [0.1, 0.15) is 5.69 Å². The monoisotopic (exact) mass is 190 g/mol. The minimum Gasteiger partial charge on any atom is -0.595 e. The number of aryl methyl sites for hydroxylation is 1. The number of rotatable bonds is 1. The molecule has 1 atom stereocenters. The third-order valence-corrected chi connectivity index (χ3v) is 2.10. The molecule has 4 heteroatoms. The molecule has 1 heterocycles. The van der Waals surface area contributed by atoms with E-state index in [9.17, 15) is 5.21 Å². The third-order valence-electron chi connectivity index (χ3n) is 2.10. The van der Waals surface area contributed by atoms with Gasteiger partial charge in [-0.3, -0.25) is 4.98 Å². The molecule has 2 rings (SSSR count). The lowest BCUT2D eigenvalue weighted by atomic mass is 10.1. The highest BCUT2D eigenvalue weighted by Gasteiger charge is 2.06. The highest BCUT2D eigenvalue weighted by atomic mass is 16.8. The smallest absolute Gasteiger partial charge is 0.173 e. The maximum atomic E-state index is 10.9. The summed E-state index contributed by atoms with van der Waals surface area (Å²) < 4.78 is 0. The van der Waals surface area contributed by atoms with Crippen molar-refractivity contribution in [3.8, 4) is 0 Å². The highest BCUT2D eigenvalue weighted by Crippen LogP contribution is 2.18. The molecule has 0 aliphatic rings. The zero-order chi connectivity index (χ0) is 10.1. The quantitative estimate of drug-likeness (QED) is 0.658. The Labute approximate surface area is 81.0 Å². The standard InChI is InChI=1S/C10H10N2O2/c1-7-5-6-8-9(11-7)3-2-4-10(8)12(13)14/h2-6,12-13H,1H3. The molecule has 0 fully saturated rings. The molecule has 0 aliphatic carbocycles. The van der Waals surface area contributed by atoms with Crippen LogP contribution in [-0.4, -0.2) is 10.2 Å². The molecule has 0 saturated heterocycles. The molecule has 2 aromatic rings. The van der Waals surface area contributed by atoms with E-state index in [2.05, 4.69) is 4.98 Å². The number of fused-ring (bicyclic) bond motifs is 1. The Hall–Kier alpha value is -1.49. The number of nitrogens with one attached hydrogen (secondary N) is 1. The second-order valence-electron chi connectivity index (χ2n) is 3.13. The van der Waals surface area contributed by atoms with Crippen LogP contribution in [0.3, 0.4) is 0 Å².